The fourth-order valence-electron chi connectivity index (χ4n) is 4.71. The third-order valence-electron chi connectivity index (χ3n) is 4.59. The van der Waals surface area contributed by atoms with Gasteiger partial charge in [0.2, 0.25) is 0 Å². The molecule has 4 atom stereocenters. The topological polar surface area (TPSA) is 46.5 Å². The Hall–Kier alpha value is -0.640. The van der Waals surface area contributed by atoms with Gasteiger partial charge in [-0.1, -0.05) is 0 Å². The van der Waals surface area contributed by atoms with E-state index in [1.807, 2.05) is 0 Å². The van der Waals surface area contributed by atoms with Gasteiger partial charge in [-0.2, -0.15) is 0 Å². The van der Waals surface area contributed by atoms with Gasteiger partial charge in [0, 0.05) is 6.42 Å². The molecular weight excluding hydrogens is 211 g/mol. The molecule has 4 saturated carbocycles. The van der Waals surface area contributed by atoms with Crippen LogP contribution in [0.4, 0.5) is 4.39 Å². The molecule has 4 aliphatic rings. The summed E-state index contributed by atoms with van der Waals surface area (Å²) >= 11 is 0. The van der Waals surface area contributed by atoms with E-state index in [0.29, 0.717) is 25.7 Å². The summed E-state index contributed by atoms with van der Waals surface area (Å²) < 4.78 is 19.3. The van der Waals surface area contributed by atoms with Crippen LogP contribution in [0.5, 0.6) is 0 Å². The van der Waals surface area contributed by atoms with Gasteiger partial charge in [-0.05, 0) is 38.0 Å². The van der Waals surface area contributed by atoms with Crippen LogP contribution in [0, 0.1) is 11.3 Å². The second kappa shape index (κ2) is 2.78. The predicted octanol–water partition coefficient (Wildman–Crippen LogP) is 1.58. The zero-order valence-corrected chi connectivity index (χ0v) is 9.46. The van der Waals surface area contributed by atoms with Crippen LogP contribution in [0.3, 0.4) is 0 Å². The van der Waals surface area contributed by atoms with Crippen molar-refractivity contribution < 1.29 is 19.0 Å². The van der Waals surface area contributed by atoms with Crippen LogP contribution in [0.25, 0.3) is 0 Å². The summed E-state index contributed by atoms with van der Waals surface area (Å²) in [5.41, 5.74) is -3.07. The first kappa shape index (κ1) is 10.5. The molecule has 16 heavy (non-hydrogen) atoms. The van der Waals surface area contributed by atoms with Gasteiger partial charge >= 0.3 is 5.97 Å². The largest absolute Gasteiger partial charge is 0.469 e. The van der Waals surface area contributed by atoms with Gasteiger partial charge in [0.25, 0.3) is 0 Å². The zero-order valence-electron chi connectivity index (χ0n) is 9.46. The van der Waals surface area contributed by atoms with E-state index in [1.54, 1.807) is 0 Å². The molecule has 90 valence electrons. The highest BCUT2D eigenvalue weighted by Gasteiger charge is 2.66. The van der Waals surface area contributed by atoms with E-state index in [9.17, 15) is 14.3 Å². The number of hydrogen-bond donors (Lipinski definition) is 1. The van der Waals surface area contributed by atoms with E-state index in [4.69, 9.17) is 4.74 Å². The second-order valence-corrected chi connectivity index (χ2v) is 6.16. The Morgan fingerprint density at radius 2 is 2.06 bits per heavy atom. The molecule has 0 aromatic heterocycles. The number of carbonyl (C=O) groups is 1. The third kappa shape index (κ3) is 1.25. The molecule has 0 unspecified atom stereocenters. The Balaban J connectivity index is 2.01. The van der Waals surface area contributed by atoms with Crippen molar-refractivity contribution in [2.24, 2.45) is 11.3 Å². The number of esters is 1. The number of methoxy groups -OCH3 is 1. The molecule has 0 radical (unpaired) electrons. The number of halogens is 1. The zero-order chi connectivity index (χ0) is 11.6. The summed E-state index contributed by atoms with van der Waals surface area (Å²) in [7, 11) is 1.34. The molecule has 4 fully saturated rings. The summed E-state index contributed by atoms with van der Waals surface area (Å²) in [5, 5.41) is 10.3. The molecular formula is C12H17FO3. The highest BCUT2D eigenvalue weighted by molar-refractivity contribution is 5.78. The second-order valence-electron chi connectivity index (χ2n) is 6.16. The molecule has 0 heterocycles. The van der Waals surface area contributed by atoms with Crippen molar-refractivity contribution in [1.29, 1.82) is 0 Å². The van der Waals surface area contributed by atoms with Gasteiger partial charge in [0.15, 0.2) is 0 Å². The number of hydrogen-bond acceptors (Lipinski definition) is 3. The number of ether oxygens (including phenoxy) is 1. The van der Waals surface area contributed by atoms with Crippen molar-refractivity contribution in [2.45, 2.75) is 49.8 Å². The normalized spacial score (nSPS) is 54.1. The maximum atomic E-state index is 14.5. The van der Waals surface area contributed by atoms with Crippen LogP contribution < -0.4 is 0 Å². The Kier molecular flexibility index (Phi) is 1.83. The molecule has 3 nitrogen and oxygen atoms in total. The monoisotopic (exact) mass is 228 g/mol. The average Bonchev–Trinajstić information content (AvgIpc) is 2.10. The molecule has 0 spiro atoms. The predicted molar refractivity (Wildman–Crippen MR) is 54.4 cm³/mol. The number of carbonyl (C=O) groups excluding carboxylic acids is 1. The number of aliphatic hydroxyl groups is 1. The van der Waals surface area contributed by atoms with Gasteiger partial charge in [-0.3, -0.25) is 4.79 Å². The maximum absolute atomic E-state index is 14.5. The van der Waals surface area contributed by atoms with E-state index in [0.717, 1.165) is 0 Å². The van der Waals surface area contributed by atoms with Crippen LogP contribution in [-0.4, -0.2) is 29.5 Å². The van der Waals surface area contributed by atoms with Crippen LogP contribution in [0.1, 0.15) is 38.5 Å². The van der Waals surface area contributed by atoms with Crippen LogP contribution >= 0.6 is 0 Å². The minimum atomic E-state index is -1.34. The van der Waals surface area contributed by atoms with Gasteiger partial charge in [0.05, 0.1) is 18.1 Å². The van der Waals surface area contributed by atoms with Crippen molar-refractivity contribution in [2.75, 3.05) is 7.11 Å². The van der Waals surface area contributed by atoms with E-state index in [1.165, 1.54) is 7.11 Å². The van der Waals surface area contributed by atoms with Crippen LogP contribution in [0.2, 0.25) is 0 Å². The lowest BCUT2D eigenvalue weighted by atomic mass is 9.47. The van der Waals surface area contributed by atoms with Crippen LogP contribution in [-0.2, 0) is 9.53 Å². The van der Waals surface area contributed by atoms with E-state index in [2.05, 4.69) is 0 Å². The summed E-state index contributed by atoms with van der Waals surface area (Å²) in [5.74, 6) is -0.192. The van der Waals surface area contributed by atoms with E-state index < -0.39 is 16.7 Å². The molecule has 4 rings (SSSR count). The van der Waals surface area contributed by atoms with Crippen molar-refractivity contribution in [3.05, 3.63) is 0 Å². The van der Waals surface area contributed by atoms with Gasteiger partial charge in [-0.25, -0.2) is 4.39 Å². The molecule has 4 aliphatic carbocycles. The fourth-order valence-corrected chi connectivity index (χ4v) is 4.71. The minimum Gasteiger partial charge on any atom is -0.469 e. The lowest BCUT2D eigenvalue weighted by molar-refractivity contribution is -0.218. The molecule has 0 aromatic rings. The molecule has 0 saturated heterocycles. The van der Waals surface area contributed by atoms with Gasteiger partial charge in [0.1, 0.15) is 5.67 Å². The average molecular weight is 228 g/mol. The van der Waals surface area contributed by atoms with Crippen molar-refractivity contribution in [1.82, 2.24) is 0 Å². The van der Waals surface area contributed by atoms with Crippen molar-refractivity contribution >= 4 is 5.97 Å². The first-order valence-corrected chi connectivity index (χ1v) is 5.89. The van der Waals surface area contributed by atoms with E-state index in [-0.39, 0.29) is 24.7 Å². The quantitative estimate of drug-likeness (QED) is 0.693. The Morgan fingerprint density at radius 3 is 2.62 bits per heavy atom. The molecule has 0 aromatic carbocycles. The van der Waals surface area contributed by atoms with Crippen LogP contribution in [0.15, 0.2) is 0 Å². The standard InChI is InChI=1S/C12H17FO3/c1-16-9(14)10-2-8-3-11(13,5-10)7-12(15,4-8)6-10/h8,15H,2-7H2,1H3/t8-,10-,11+,12-/m1/s1. The third-order valence-corrected chi connectivity index (χ3v) is 4.59. The molecule has 0 aliphatic heterocycles. The molecule has 0 amide bonds. The first-order chi connectivity index (χ1) is 7.39. The SMILES string of the molecule is COC(=O)[C@]12C[C@H]3C[C@](O)(C[C@](F)(C3)C1)C2. The summed E-state index contributed by atoms with van der Waals surface area (Å²) in [6.45, 7) is 0. The molecule has 1 N–H and O–H groups in total. The maximum Gasteiger partial charge on any atom is 0.312 e. The minimum absolute atomic E-state index is 0.144. The number of rotatable bonds is 1. The highest BCUT2D eigenvalue weighted by Crippen LogP contribution is 2.64. The smallest absolute Gasteiger partial charge is 0.312 e. The Bertz CT molecular complexity index is 336. The van der Waals surface area contributed by atoms with Crippen molar-refractivity contribution in [3.63, 3.8) is 0 Å². The first-order valence-electron chi connectivity index (χ1n) is 5.89. The van der Waals surface area contributed by atoms with Gasteiger partial charge in [-0.15, -0.1) is 0 Å². The van der Waals surface area contributed by atoms with E-state index >= 15 is 0 Å². The molecule has 4 bridgehead atoms. The lowest BCUT2D eigenvalue weighted by Gasteiger charge is -2.60. The fraction of sp³-hybridized carbons (Fsp3) is 0.917. The van der Waals surface area contributed by atoms with Crippen molar-refractivity contribution in [3.8, 4) is 0 Å². The Labute approximate surface area is 94.0 Å². The Morgan fingerprint density at radius 1 is 1.31 bits per heavy atom. The summed E-state index contributed by atoms with van der Waals surface area (Å²) in [4.78, 5) is 11.8. The summed E-state index contributed by atoms with van der Waals surface area (Å²) in [6.07, 6.45) is 2.68. The van der Waals surface area contributed by atoms with Gasteiger partial charge < -0.3 is 9.84 Å². The highest BCUT2D eigenvalue weighted by atomic mass is 19.1. The number of alkyl halides is 1. The molecule has 4 heteroatoms. The summed E-state index contributed by atoms with van der Waals surface area (Å²) in [6, 6.07) is 0. The lowest BCUT2D eigenvalue weighted by Crippen LogP contribution is -2.63.